The highest BCUT2D eigenvalue weighted by Gasteiger charge is 2.63. The van der Waals surface area contributed by atoms with Gasteiger partial charge in [-0.25, -0.2) is 0 Å². The van der Waals surface area contributed by atoms with Gasteiger partial charge < -0.3 is 34.5 Å². The maximum atomic E-state index is 12.0. The zero-order valence-corrected chi connectivity index (χ0v) is 14.4. The molecule has 0 aromatic heterocycles. The van der Waals surface area contributed by atoms with Crippen molar-refractivity contribution in [2.24, 2.45) is 0 Å². The van der Waals surface area contributed by atoms with Crippen molar-refractivity contribution in [1.82, 2.24) is 0 Å². The zero-order valence-electron chi connectivity index (χ0n) is 12.6. The predicted octanol–water partition coefficient (Wildman–Crippen LogP) is 1.73. The van der Waals surface area contributed by atoms with Crippen molar-refractivity contribution >= 4 is 15.2 Å². The van der Waals surface area contributed by atoms with E-state index >= 15 is 0 Å². The van der Waals surface area contributed by atoms with Crippen LogP contribution in [0.4, 0.5) is 0 Å². The fourth-order valence-corrected chi connectivity index (χ4v) is 4.70. The molecule has 0 aliphatic carbocycles. The molecule has 136 valence electrons. The van der Waals surface area contributed by atoms with E-state index in [9.17, 15) is 38.9 Å². The van der Waals surface area contributed by atoms with E-state index in [4.69, 9.17) is 4.74 Å². The van der Waals surface area contributed by atoms with Crippen LogP contribution in [-0.2, 0) is 15.6 Å². The second-order valence-corrected chi connectivity index (χ2v) is 9.24. The molecule has 0 aliphatic heterocycles. The standard InChI is InChI=1S/C14H16O9P2/c15-11-3-1-10(2-4-11)9-14(24(17,18)19,25(20,21)22)23-13-7-5-12(16)6-8-13/h1-8,15-16H,9H2,(H2,17,18,19)(H2,20,21,22). The summed E-state index contributed by atoms with van der Waals surface area (Å²) >= 11 is 0. The van der Waals surface area contributed by atoms with Gasteiger partial charge in [-0.2, -0.15) is 0 Å². The molecular weight excluding hydrogens is 374 g/mol. The number of ether oxygens (including phenoxy) is 1. The van der Waals surface area contributed by atoms with E-state index in [-0.39, 0.29) is 22.8 Å². The Hall–Kier alpha value is -1.86. The lowest BCUT2D eigenvalue weighted by atomic mass is 10.1. The first-order valence-electron chi connectivity index (χ1n) is 6.82. The van der Waals surface area contributed by atoms with Crippen molar-refractivity contribution in [3.63, 3.8) is 0 Å². The molecular formula is C14H16O9P2. The van der Waals surface area contributed by atoms with Gasteiger partial charge in [-0.05, 0) is 42.0 Å². The number of phenolic OH excluding ortho intramolecular Hbond substituents is 2. The van der Waals surface area contributed by atoms with Gasteiger partial charge in [-0.1, -0.05) is 12.1 Å². The van der Waals surface area contributed by atoms with Crippen LogP contribution in [0.15, 0.2) is 48.5 Å². The van der Waals surface area contributed by atoms with E-state index in [2.05, 4.69) is 0 Å². The van der Waals surface area contributed by atoms with Crippen LogP contribution < -0.4 is 4.74 Å². The summed E-state index contributed by atoms with van der Waals surface area (Å²) in [6, 6.07) is 9.45. The van der Waals surface area contributed by atoms with Gasteiger partial charge in [0, 0.05) is 6.42 Å². The third-order valence-electron chi connectivity index (χ3n) is 3.40. The van der Waals surface area contributed by atoms with Gasteiger partial charge in [0.05, 0.1) is 0 Å². The maximum absolute atomic E-state index is 12.0. The second kappa shape index (κ2) is 6.80. The minimum Gasteiger partial charge on any atom is -0.508 e. The summed E-state index contributed by atoms with van der Waals surface area (Å²) in [7, 11) is -11.0. The molecule has 2 aromatic carbocycles. The van der Waals surface area contributed by atoms with Crippen molar-refractivity contribution in [1.29, 1.82) is 0 Å². The van der Waals surface area contributed by atoms with Crippen LogP contribution in [0.2, 0.25) is 0 Å². The summed E-state index contributed by atoms with van der Waals surface area (Å²) in [5, 5.41) is 15.4. The fourth-order valence-electron chi connectivity index (χ4n) is 2.11. The van der Waals surface area contributed by atoms with E-state index in [1.54, 1.807) is 0 Å². The molecule has 0 amide bonds. The number of rotatable bonds is 6. The molecule has 2 aromatic rings. The topological polar surface area (TPSA) is 165 Å². The summed E-state index contributed by atoms with van der Waals surface area (Å²) in [4.78, 5) is 38.8. The molecule has 2 rings (SSSR count). The Morgan fingerprint density at radius 1 is 0.760 bits per heavy atom. The molecule has 0 saturated heterocycles. The SMILES string of the molecule is O=P(O)(O)C(Cc1ccc(O)cc1)(Oc1ccc(O)cc1)P(=O)(O)O. The van der Waals surface area contributed by atoms with Crippen LogP contribution in [0, 0.1) is 0 Å². The summed E-state index contributed by atoms with van der Waals surface area (Å²) in [5.74, 6) is -0.534. The van der Waals surface area contributed by atoms with E-state index in [0.717, 1.165) is 24.3 Å². The number of hydrogen-bond acceptors (Lipinski definition) is 5. The number of benzene rings is 2. The first-order chi connectivity index (χ1) is 11.4. The lowest BCUT2D eigenvalue weighted by Gasteiger charge is -2.35. The third kappa shape index (κ3) is 4.22. The van der Waals surface area contributed by atoms with Crippen molar-refractivity contribution in [2.45, 2.75) is 11.5 Å². The molecule has 9 nitrogen and oxygen atoms in total. The molecule has 0 spiro atoms. The number of hydrogen-bond donors (Lipinski definition) is 6. The van der Waals surface area contributed by atoms with Crippen LogP contribution in [0.25, 0.3) is 0 Å². The van der Waals surface area contributed by atoms with Crippen molar-refractivity contribution in [2.75, 3.05) is 0 Å². The van der Waals surface area contributed by atoms with E-state index in [1.165, 1.54) is 24.3 Å². The van der Waals surface area contributed by atoms with Gasteiger partial charge in [-0.3, -0.25) is 9.13 Å². The second-order valence-electron chi connectivity index (χ2n) is 5.27. The van der Waals surface area contributed by atoms with Crippen LogP contribution in [-0.4, -0.2) is 34.9 Å². The quantitative estimate of drug-likeness (QED) is 0.403. The molecule has 0 heterocycles. The van der Waals surface area contributed by atoms with Crippen LogP contribution in [0.5, 0.6) is 17.2 Å². The number of phenols is 2. The van der Waals surface area contributed by atoms with Crippen LogP contribution >= 0.6 is 15.2 Å². The molecule has 0 fully saturated rings. The Balaban J connectivity index is 2.56. The van der Waals surface area contributed by atoms with Crippen molar-refractivity contribution in [3.05, 3.63) is 54.1 Å². The Bertz CT molecular complexity index is 749. The van der Waals surface area contributed by atoms with Gasteiger partial charge in [0.25, 0.3) is 0 Å². The first kappa shape index (κ1) is 19.5. The molecule has 0 bridgehead atoms. The van der Waals surface area contributed by atoms with Gasteiger partial charge >= 0.3 is 20.3 Å². The van der Waals surface area contributed by atoms with Crippen LogP contribution in [0.3, 0.4) is 0 Å². The Morgan fingerprint density at radius 2 is 1.16 bits per heavy atom. The maximum Gasteiger partial charge on any atom is 0.381 e. The number of aromatic hydroxyl groups is 2. The van der Waals surface area contributed by atoms with E-state index in [1.807, 2.05) is 0 Å². The van der Waals surface area contributed by atoms with Gasteiger partial charge in [0.2, 0.25) is 0 Å². The smallest absolute Gasteiger partial charge is 0.381 e. The molecule has 0 atom stereocenters. The highest BCUT2D eigenvalue weighted by molar-refractivity contribution is 7.72. The normalized spacial score (nSPS) is 12.8. The molecule has 11 heteroatoms. The van der Waals surface area contributed by atoms with Crippen molar-refractivity contribution in [3.8, 4) is 17.2 Å². The summed E-state index contributed by atoms with van der Waals surface area (Å²) < 4.78 is 29.2. The summed E-state index contributed by atoms with van der Waals surface area (Å²) in [6.07, 6.45) is -0.817. The Morgan fingerprint density at radius 3 is 1.56 bits per heavy atom. The highest BCUT2D eigenvalue weighted by atomic mass is 31.2. The average molecular weight is 390 g/mol. The Labute approximate surface area is 142 Å². The van der Waals surface area contributed by atoms with Gasteiger partial charge in [-0.15, -0.1) is 0 Å². The first-order valence-corrected chi connectivity index (χ1v) is 10.0. The average Bonchev–Trinajstić information content (AvgIpc) is 2.48. The molecule has 6 N–H and O–H groups in total. The highest BCUT2D eigenvalue weighted by Crippen LogP contribution is 2.70. The Kier molecular flexibility index (Phi) is 5.30. The van der Waals surface area contributed by atoms with Gasteiger partial charge in [0.1, 0.15) is 17.2 Å². The molecule has 0 aliphatic rings. The minimum atomic E-state index is -5.49. The lowest BCUT2D eigenvalue weighted by Crippen LogP contribution is -2.38. The third-order valence-corrected chi connectivity index (χ3v) is 7.28. The zero-order chi connectivity index (χ0) is 18.9. The molecule has 0 saturated carbocycles. The van der Waals surface area contributed by atoms with E-state index in [0.29, 0.717) is 0 Å². The lowest BCUT2D eigenvalue weighted by molar-refractivity contribution is 0.152. The van der Waals surface area contributed by atoms with Crippen LogP contribution in [0.1, 0.15) is 5.56 Å². The monoisotopic (exact) mass is 390 g/mol. The molecule has 0 unspecified atom stereocenters. The molecule has 25 heavy (non-hydrogen) atoms. The fraction of sp³-hybridized carbons (Fsp3) is 0.143. The summed E-state index contributed by atoms with van der Waals surface area (Å²) in [5.41, 5.74) is 0.128. The van der Waals surface area contributed by atoms with E-state index < -0.39 is 26.7 Å². The largest absolute Gasteiger partial charge is 0.508 e. The van der Waals surface area contributed by atoms with Gasteiger partial charge in [0.15, 0.2) is 0 Å². The van der Waals surface area contributed by atoms with Crippen molar-refractivity contribution < 1.29 is 43.7 Å². The minimum absolute atomic E-state index is 0.124. The molecule has 0 radical (unpaired) electrons. The summed E-state index contributed by atoms with van der Waals surface area (Å²) in [6.45, 7) is 0. The predicted molar refractivity (Wildman–Crippen MR) is 87.4 cm³/mol.